The Bertz CT molecular complexity index is 720. The molecule has 1 aliphatic rings. The molecule has 110 valence electrons. The lowest BCUT2D eigenvalue weighted by atomic mass is 9.88. The summed E-state index contributed by atoms with van der Waals surface area (Å²) in [5.74, 6) is 0.203. The SMILES string of the molecule is COc1cc(OC)c2c3c(ccc2c1)C=CC(O)(OC)C3. The summed E-state index contributed by atoms with van der Waals surface area (Å²) < 4.78 is 16.0. The van der Waals surface area contributed by atoms with Crippen molar-refractivity contribution in [1.29, 1.82) is 0 Å². The van der Waals surface area contributed by atoms with Gasteiger partial charge in [-0.3, -0.25) is 0 Å². The number of rotatable bonds is 3. The van der Waals surface area contributed by atoms with Crippen LogP contribution >= 0.6 is 0 Å². The molecule has 4 heteroatoms. The molecule has 1 aliphatic carbocycles. The third-order valence-corrected chi connectivity index (χ3v) is 3.96. The summed E-state index contributed by atoms with van der Waals surface area (Å²) in [5.41, 5.74) is 2.08. The van der Waals surface area contributed by atoms with Gasteiger partial charge in [0.15, 0.2) is 5.79 Å². The molecule has 0 spiro atoms. The minimum absolute atomic E-state index is 0.384. The Balaban J connectivity index is 2.29. The zero-order chi connectivity index (χ0) is 15.0. The van der Waals surface area contributed by atoms with Gasteiger partial charge < -0.3 is 19.3 Å². The molecule has 0 bridgehead atoms. The highest BCUT2D eigenvalue weighted by atomic mass is 16.6. The Kier molecular flexibility index (Phi) is 3.35. The fourth-order valence-electron chi connectivity index (χ4n) is 2.79. The third kappa shape index (κ3) is 2.26. The second-order valence-corrected chi connectivity index (χ2v) is 5.12. The summed E-state index contributed by atoms with van der Waals surface area (Å²) in [6, 6.07) is 7.87. The minimum Gasteiger partial charge on any atom is -0.497 e. The van der Waals surface area contributed by atoms with Crippen molar-refractivity contribution in [2.24, 2.45) is 0 Å². The minimum atomic E-state index is -1.27. The standard InChI is InChI=1S/C17H18O4/c1-19-13-8-12-5-4-11-6-7-17(18,21-3)10-14(11)16(12)15(9-13)20-2/h4-9,18H,10H2,1-3H3. The first kappa shape index (κ1) is 13.9. The summed E-state index contributed by atoms with van der Waals surface area (Å²) in [6.07, 6.45) is 3.94. The van der Waals surface area contributed by atoms with E-state index >= 15 is 0 Å². The molecule has 3 rings (SSSR count). The Morgan fingerprint density at radius 3 is 2.57 bits per heavy atom. The van der Waals surface area contributed by atoms with Gasteiger partial charge >= 0.3 is 0 Å². The number of fused-ring (bicyclic) bond motifs is 3. The van der Waals surface area contributed by atoms with Crippen molar-refractivity contribution in [3.63, 3.8) is 0 Å². The van der Waals surface area contributed by atoms with Crippen molar-refractivity contribution < 1.29 is 19.3 Å². The van der Waals surface area contributed by atoms with E-state index in [4.69, 9.17) is 14.2 Å². The smallest absolute Gasteiger partial charge is 0.189 e. The molecule has 21 heavy (non-hydrogen) atoms. The van der Waals surface area contributed by atoms with Crippen molar-refractivity contribution in [2.75, 3.05) is 21.3 Å². The summed E-state index contributed by atoms with van der Waals surface area (Å²) in [7, 11) is 4.76. The van der Waals surface area contributed by atoms with E-state index in [1.807, 2.05) is 30.3 Å². The molecule has 2 aromatic carbocycles. The van der Waals surface area contributed by atoms with Gasteiger partial charge in [0, 0.05) is 25.0 Å². The number of methoxy groups -OCH3 is 3. The predicted molar refractivity (Wildman–Crippen MR) is 81.7 cm³/mol. The van der Waals surface area contributed by atoms with Gasteiger partial charge in [-0.05, 0) is 28.7 Å². The second kappa shape index (κ2) is 5.06. The number of hydrogen-bond acceptors (Lipinski definition) is 4. The van der Waals surface area contributed by atoms with E-state index in [2.05, 4.69) is 0 Å². The topological polar surface area (TPSA) is 47.9 Å². The lowest BCUT2D eigenvalue weighted by Gasteiger charge is -2.28. The molecule has 0 saturated carbocycles. The van der Waals surface area contributed by atoms with Crippen LogP contribution in [0.4, 0.5) is 0 Å². The van der Waals surface area contributed by atoms with Gasteiger partial charge in [-0.25, -0.2) is 0 Å². The maximum Gasteiger partial charge on any atom is 0.189 e. The predicted octanol–water partition coefficient (Wildman–Crippen LogP) is 2.76. The Morgan fingerprint density at radius 2 is 1.90 bits per heavy atom. The van der Waals surface area contributed by atoms with E-state index < -0.39 is 5.79 Å². The van der Waals surface area contributed by atoms with Crippen LogP contribution in [0.25, 0.3) is 16.8 Å². The molecule has 1 unspecified atom stereocenters. The highest BCUT2D eigenvalue weighted by molar-refractivity contribution is 5.95. The van der Waals surface area contributed by atoms with Gasteiger partial charge in [0.05, 0.1) is 14.2 Å². The molecule has 0 heterocycles. The Morgan fingerprint density at radius 1 is 1.10 bits per heavy atom. The summed E-state index contributed by atoms with van der Waals surface area (Å²) in [5, 5.41) is 12.4. The van der Waals surface area contributed by atoms with E-state index in [1.165, 1.54) is 7.11 Å². The summed E-state index contributed by atoms with van der Waals surface area (Å²) in [6.45, 7) is 0. The number of ether oxygens (including phenoxy) is 3. The molecule has 0 aromatic heterocycles. The molecular weight excluding hydrogens is 268 g/mol. The fraction of sp³-hybridized carbons (Fsp3) is 0.294. The third-order valence-electron chi connectivity index (χ3n) is 3.96. The van der Waals surface area contributed by atoms with E-state index in [0.717, 1.165) is 33.4 Å². The summed E-state index contributed by atoms with van der Waals surface area (Å²) >= 11 is 0. The first-order valence-electron chi connectivity index (χ1n) is 6.74. The van der Waals surface area contributed by atoms with Crippen molar-refractivity contribution in [3.8, 4) is 11.5 Å². The number of benzene rings is 2. The van der Waals surface area contributed by atoms with Crippen molar-refractivity contribution in [2.45, 2.75) is 12.2 Å². The van der Waals surface area contributed by atoms with Crippen LogP contribution in [0.2, 0.25) is 0 Å². The first-order valence-corrected chi connectivity index (χ1v) is 6.74. The summed E-state index contributed by atoms with van der Waals surface area (Å²) in [4.78, 5) is 0. The zero-order valence-corrected chi connectivity index (χ0v) is 12.3. The van der Waals surface area contributed by atoms with Gasteiger partial charge in [-0.2, -0.15) is 0 Å². The lowest BCUT2D eigenvalue weighted by molar-refractivity contribution is -0.144. The average molecular weight is 286 g/mol. The largest absolute Gasteiger partial charge is 0.497 e. The Labute approximate surface area is 123 Å². The average Bonchev–Trinajstić information content (AvgIpc) is 2.53. The van der Waals surface area contributed by atoms with Crippen LogP contribution in [0, 0.1) is 0 Å². The lowest BCUT2D eigenvalue weighted by Crippen LogP contribution is -2.33. The molecule has 0 radical (unpaired) electrons. The zero-order valence-electron chi connectivity index (χ0n) is 12.3. The molecule has 0 amide bonds. The van der Waals surface area contributed by atoms with Crippen LogP contribution in [-0.4, -0.2) is 32.2 Å². The number of aliphatic hydroxyl groups is 1. The van der Waals surface area contributed by atoms with Crippen LogP contribution in [0.3, 0.4) is 0 Å². The van der Waals surface area contributed by atoms with Crippen LogP contribution in [0.5, 0.6) is 11.5 Å². The molecule has 0 aliphatic heterocycles. The fourth-order valence-corrected chi connectivity index (χ4v) is 2.79. The molecular formula is C17H18O4. The molecule has 1 N–H and O–H groups in total. The highest BCUT2D eigenvalue weighted by Gasteiger charge is 2.29. The van der Waals surface area contributed by atoms with Gasteiger partial charge in [0.1, 0.15) is 11.5 Å². The second-order valence-electron chi connectivity index (χ2n) is 5.12. The monoisotopic (exact) mass is 286 g/mol. The molecule has 1 atom stereocenters. The molecule has 2 aromatic rings. The van der Waals surface area contributed by atoms with E-state index in [9.17, 15) is 5.11 Å². The van der Waals surface area contributed by atoms with Gasteiger partial charge in [-0.1, -0.05) is 18.2 Å². The Hall–Kier alpha value is -2.04. The number of hydrogen-bond donors (Lipinski definition) is 1. The van der Waals surface area contributed by atoms with E-state index in [0.29, 0.717) is 6.42 Å². The van der Waals surface area contributed by atoms with Crippen molar-refractivity contribution in [3.05, 3.63) is 41.5 Å². The van der Waals surface area contributed by atoms with Crippen molar-refractivity contribution >= 4 is 16.8 Å². The van der Waals surface area contributed by atoms with Crippen molar-refractivity contribution in [1.82, 2.24) is 0 Å². The maximum atomic E-state index is 10.4. The van der Waals surface area contributed by atoms with Crippen LogP contribution in [-0.2, 0) is 11.2 Å². The normalized spacial score (nSPS) is 20.4. The van der Waals surface area contributed by atoms with Crippen LogP contribution < -0.4 is 9.47 Å². The van der Waals surface area contributed by atoms with Crippen LogP contribution in [0.15, 0.2) is 30.3 Å². The van der Waals surface area contributed by atoms with Gasteiger partial charge in [-0.15, -0.1) is 0 Å². The highest BCUT2D eigenvalue weighted by Crippen LogP contribution is 2.39. The molecule has 0 saturated heterocycles. The van der Waals surface area contributed by atoms with Gasteiger partial charge in [0.2, 0.25) is 0 Å². The van der Waals surface area contributed by atoms with E-state index in [-0.39, 0.29) is 0 Å². The van der Waals surface area contributed by atoms with Gasteiger partial charge in [0.25, 0.3) is 0 Å². The molecule has 0 fully saturated rings. The maximum absolute atomic E-state index is 10.4. The molecule has 4 nitrogen and oxygen atoms in total. The quantitative estimate of drug-likeness (QED) is 0.881. The van der Waals surface area contributed by atoms with Crippen LogP contribution in [0.1, 0.15) is 11.1 Å². The van der Waals surface area contributed by atoms with E-state index in [1.54, 1.807) is 20.3 Å². The first-order chi connectivity index (χ1) is 10.1.